The Morgan fingerprint density at radius 1 is 0.778 bits per heavy atom. The number of benzene rings is 4. The van der Waals surface area contributed by atoms with Crippen molar-refractivity contribution in [1.29, 1.82) is 0 Å². The van der Waals surface area contributed by atoms with Gasteiger partial charge in [-0.05, 0) is 33.2 Å². The van der Waals surface area contributed by atoms with Gasteiger partial charge in [0, 0.05) is 10.9 Å². The fraction of sp³-hybridized carbons (Fsp3) is 0.160. The zero-order valence-electron chi connectivity index (χ0n) is 15.8. The third-order valence-corrected chi connectivity index (χ3v) is 6.31. The number of fused-ring (bicyclic) bond motifs is 5. The van der Waals surface area contributed by atoms with Crippen molar-refractivity contribution in [3.05, 3.63) is 78.4 Å². The summed E-state index contributed by atoms with van der Waals surface area (Å²) in [6.45, 7) is 6.79. The molecular formula is C25H21NS. The first-order valence-corrected chi connectivity index (χ1v) is 10.1. The van der Waals surface area contributed by atoms with E-state index in [-0.39, 0.29) is 5.41 Å². The second-order valence-corrected chi connectivity index (χ2v) is 9.18. The Morgan fingerprint density at radius 3 is 2.30 bits per heavy atom. The Balaban J connectivity index is 1.83. The number of nitrogens with zero attached hydrogens (tertiary/aromatic N) is 1. The average molecular weight is 368 g/mol. The van der Waals surface area contributed by atoms with Crippen molar-refractivity contribution >= 4 is 43.1 Å². The topological polar surface area (TPSA) is 12.9 Å². The van der Waals surface area contributed by atoms with E-state index in [2.05, 4.69) is 87.5 Å². The first-order chi connectivity index (χ1) is 13.0. The lowest BCUT2D eigenvalue weighted by Crippen LogP contribution is -2.10. The normalized spacial score (nSPS) is 12.3. The molecule has 0 fully saturated rings. The van der Waals surface area contributed by atoms with Gasteiger partial charge in [0.05, 0.1) is 10.2 Å². The number of hydrogen-bond acceptors (Lipinski definition) is 2. The van der Waals surface area contributed by atoms with Gasteiger partial charge in [0.15, 0.2) is 0 Å². The van der Waals surface area contributed by atoms with Crippen LogP contribution in [0.4, 0.5) is 0 Å². The summed E-state index contributed by atoms with van der Waals surface area (Å²) in [7, 11) is 0. The average Bonchev–Trinajstić information content (AvgIpc) is 3.11. The Bertz CT molecular complexity index is 1290. The van der Waals surface area contributed by atoms with E-state index in [1.807, 2.05) is 6.07 Å². The molecule has 0 amide bonds. The fourth-order valence-corrected chi connectivity index (χ4v) is 4.69. The van der Waals surface area contributed by atoms with Gasteiger partial charge in [0.2, 0.25) is 0 Å². The third-order valence-electron chi connectivity index (χ3n) is 5.24. The van der Waals surface area contributed by atoms with E-state index >= 15 is 0 Å². The standard InChI is InChI=1S/C25H21NS/c1-25(2,3)19-12-13-20-18(15-19)10-9-16-11-14-21-23(22(16)20)26-24(27-21)17-7-5-4-6-8-17/h4-15H,1-3H3. The molecule has 0 aliphatic carbocycles. The maximum absolute atomic E-state index is 5.05. The van der Waals surface area contributed by atoms with E-state index in [4.69, 9.17) is 4.98 Å². The van der Waals surface area contributed by atoms with Crippen molar-refractivity contribution in [2.24, 2.45) is 0 Å². The Labute approximate surface area is 163 Å². The van der Waals surface area contributed by atoms with E-state index in [0.29, 0.717) is 0 Å². The molecule has 1 aromatic heterocycles. The maximum atomic E-state index is 5.05. The molecule has 0 aliphatic rings. The van der Waals surface area contributed by atoms with Gasteiger partial charge in [0.25, 0.3) is 0 Å². The summed E-state index contributed by atoms with van der Waals surface area (Å²) in [6.07, 6.45) is 0. The quantitative estimate of drug-likeness (QED) is 0.278. The van der Waals surface area contributed by atoms with Gasteiger partial charge in [0.1, 0.15) is 5.01 Å². The van der Waals surface area contributed by atoms with Crippen LogP contribution in [-0.2, 0) is 5.41 Å². The summed E-state index contributed by atoms with van der Waals surface area (Å²) in [5, 5.41) is 6.18. The third kappa shape index (κ3) is 2.72. The molecule has 0 spiro atoms. The van der Waals surface area contributed by atoms with E-state index in [1.165, 1.54) is 37.4 Å². The predicted molar refractivity (Wildman–Crippen MR) is 119 cm³/mol. The number of aromatic nitrogens is 1. The summed E-state index contributed by atoms with van der Waals surface area (Å²) in [5.41, 5.74) is 3.81. The molecule has 0 N–H and O–H groups in total. The van der Waals surface area contributed by atoms with Crippen molar-refractivity contribution < 1.29 is 0 Å². The molecule has 0 atom stereocenters. The fourth-order valence-electron chi connectivity index (χ4n) is 3.71. The molecular weight excluding hydrogens is 346 g/mol. The summed E-state index contributed by atoms with van der Waals surface area (Å²) >= 11 is 1.77. The van der Waals surface area contributed by atoms with Gasteiger partial charge in [-0.2, -0.15) is 0 Å². The molecule has 4 aromatic carbocycles. The number of rotatable bonds is 1. The maximum Gasteiger partial charge on any atom is 0.124 e. The van der Waals surface area contributed by atoms with Crippen LogP contribution in [0.1, 0.15) is 26.3 Å². The van der Waals surface area contributed by atoms with Crippen LogP contribution in [-0.4, -0.2) is 4.98 Å². The van der Waals surface area contributed by atoms with Crippen LogP contribution in [0.3, 0.4) is 0 Å². The van der Waals surface area contributed by atoms with Gasteiger partial charge >= 0.3 is 0 Å². The van der Waals surface area contributed by atoms with Crippen LogP contribution >= 0.6 is 11.3 Å². The van der Waals surface area contributed by atoms with Gasteiger partial charge in [-0.1, -0.05) is 87.5 Å². The molecule has 0 bridgehead atoms. The Hall–Kier alpha value is -2.71. The van der Waals surface area contributed by atoms with Gasteiger partial charge in [-0.25, -0.2) is 4.98 Å². The monoisotopic (exact) mass is 367 g/mol. The lowest BCUT2D eigenvalue weighted by molar-refractivity contribution is 0.591. The highest BCUT2D eigenvalue weighted by molar-refractivity contribution is 7.21. The highest BCUT2D eigenvalue weighted by Gasteiger charge is 2.16. The van der Waals surface area contributed by atoms with Crippen LogP contribution < -0.4 is 0 Å². The van der Waals surface area contributed by atoms with Crippen LogP contribution in [0, 0.1) is 0 Å². The molecule has 5 rings (SSSR count). The lowest BCUT2D eigenvalue weighted by Gasteiger charge is -2.19. The molecule has 0 aliphatic heterocycles. The summed E-state index contributed by atoms with van der Waals surface area (Å²) in [4.78, 5) is 5.05. The van der Waals surface area contributed by atoms with Gasteiger partial charge in [-0.15, -0.1) is 11.3 Å². The summed E-state index contributed by atoms with van der Waals surface area (Å²) in [6, 6.07) is 26.2. The predicted octanol–water partition coefficient (Wildman–Crippen LogP) is 7.57. The minimum Gasteiger partial charge on any atom is -0.235 e. The van der Waals surface area contributed by atoms with Crippen molar-refractivity contribution in [1.82, 2.24) is 4.98 Å². The molecule has 2 heteroatoms. The Morgan fingerprint density at radius 2 is 1.52 bits per heavy atom. The van der Waals surface area contributed by atoms with E-state index in [0.717, 1.165) is 10.5 Å². The number of thiazole rings is 1. The zero-order chi connectivity index (χ0) is 18.6. The highest BCUT2D eigenvalue weighted by atomic mass is 32.1. The van der Waals surface area contributed by atoms with Crippen LogP contribution in [0.25, 0.3) is 42.3 Å². The van der Waals surface area contributed by atoms with Gasteiger partial charge < -0.3 is 0 Å². The molecule has 0 unspecified atom stereocenters. The minimum absolute atomic E-state index is 0.149. The zero-order valence-corrected chi connectivity index (χ0v) is 16.6. The summed E-state index contributed by atoms with van der Waals surface area (Å²) < 4.78 is 1.24. The first-order valence-electron chi connectivity index (χ1n) is 9.33. The molecule has 5 aromatic rings. The molecule has 0 saturated heterocycles. The second-order valence-electron chi connectivity index (χ2n) is 8.15. The first kappa shape index (κ1) is 16.5. The van der Waals surface area contributed by atoms with Crippen molar-refractivity contribution in [3.8, 4) is 10.6 Å². The summed E-state index contributed by atoms with van der Waals surface area (Å²) in [5.74, 6) is 0. The second kappa shape index (κ2) is 5.90. The molecule has 27 heavy (non-hydrogen) atoms. The van der Waals surface area contributed by atoms with Crippen molar-refractivity contribution in [3.63, 3.8) is 0 Å². The SMILES string of the molecule is CC(C)(C)c1ccc2c(ccc3ccc4sc(-c5ccccc5)nc4c32)c1. The minimum atomic E-state index is 0.149. The largest absolute Gasteiger partial charge is 0.235 e. The molecule has 0 saturated carbocycles. The van der Waals surface area contributed by atoms with E-state index in [1.54, 1.807) is 11.3 Å². The van der Waals surface area contributed by atoms with E-state index < -0.39 is 0 Å². The smallest absolute Gasteiger partial charge is 0.124 e. The lowest BCUT2D eigenvalue weighted by atomic mass is 9.85. The molecule has 1 nitrogen and oxygen atoms in total. The Kier molecular flexibility index (Phi) is 3.60. The van der Waals surface area contributed by atoms with E-state index in [9.17, 15) is 0 Å². The molecule has 132 valence electrons. The van der Waals surface area contributed by atoms with Crippen LogP contribution in [0.2, 0.25) is 0 Å². The van der Waals surface area contributed by atoms with Crippen LogP contribution in [0.15, 0.2) is 72.8 Å². The van der Waals surface area contributed by atoms with Crippen molar-refractivity contribution in [2.75, 3.05) is 0 Å². The van der Waals surface area contributed by atoms with Crippen molar-refractivity contribution in [2.45, 2.75) is 26.2 Å². The van der Waals surface area contributed by atoms with Gasteiger partial charge in [-0.3, -0.25) is 0 Å². The highest BCUT2D eigenvalue weighted by Crippen LogP contribution is 2.38. The molecule has 1 heterocycles. The molecule has 0 radical (unpaired) electrons. The number of hydrogen-bond donors (Lipinski definition) is 0. The van der Waals surface area contributed by atoms with Crippen LogP contribution in [0.5, 0.6) is 0 Å².